The summed E-state index contributed by atoms with van der Waals surface area (Å²) in [6.07, 6.45) is 1.58. The quantitative estimate of drug-likeness (QED) is 0.780. The third-order valence-corrected chi connectivity index (χ3v) is 5.13. The number of sulfonamides is 1. The van der Waals surface area contributed by atoms with Gasteiger partial charge in [-0.05, 0) is 17.0 Å². The van der Waals surface area contributed by atoms with Gasteiger partial charge in [0.1, 0.15) is 4.21 Å². The molecule has 2 aromatic heterocycles. The SMILES string of the molecule is NCc1csc(S(=O)(=O)NCCc2ncon2)c1. The van der Waals surface area contributed by atoms with Crippen molar-refractivity contribution in [3.63, 3.8) is 0 Å². The van der Waals surface area contributed by atoms with Gasteiger partial charge < -0.3 is 10.3 Å². The molecule has 98 valence electrons. The normalized spacial score (nSPS) is 11.8. The van der Waals surface area contributed by atoms with Gasteiger partial charge >= 0.3 is 0 Å². The predicted octanol–water partition coefficient (Wildman–Crippen LogP) is 0.111. The number of hydrogen-bond donors (Lipinski definition) is 2. The zero-order valence-electron chi connectivity index (χ0n) is 9.37. The van der Waals surface area contributed by atoms with Crippen molar-refractivity contribution in [3.05, 3.63) is 29.2 Å². The highest BCUT2D eigenvalue weighted by Crippen LogP contribution is 2.19. The van der Waals surface area contributed by atoms with Crippen LogP contribution in [0.5, 0.6) is 0 Å². The van der Waals surface area contributed by atoms with Crippen molar-refractivity contribution in [1.82, 2.24) is 14.9 Å². The molecule has 9 heteroatoms. The monoisotopic (exact) mass is 288 g/mol. The van der Waals surface area contributed by atoms with E-state index in [0.29, 0.717) is 18.8 Å². The van der Waals surface area contributed by atoms with Crippen molar-refractivity contribution < 1.29 is 12.9 Å². The van der Waals surface area contributed by atoms with E-state index in [9.17, 15) is 8.42 Å². The van der Waals surface area contributed by atoms with Crippen LogP contribution in [0.1, 0.15) is 11.4 Å². The number of aromatic nitrogens is 2. The minimum Gasteiger partial charge on any atom is -0.343 e. The van der Waals surface area contributed by atoms with E-state index in [1.54, 1.807) is 11.4 Å². The van der Waals surface area contributed by atoms with E-state index in [2.05, 4.69) is 19.4 Å². The maximum atomic E-state index is 11.9. The number of hydrogen-bond acceptors (Lipinski definition) is 7. The fourth-order valence-corrected chi connectivity index (χ4v) is 3.57. The molecule has 0 radical (unpaired) electrons. The highest BCUT2D eigenvalue weighted by Gasteiger charge is 2.16. The van der Waals surface area contributed by atoms with E-state index >= 15 is 0 Å². The van der Waals surface area contributed by atoms with Crippen molar-refractivity contribution in [2.24, 2.45) is 5.73 Å². The molecule has 0 fully saturated rings. The fourth-order valence-electron chi connectivity index (χ4n) is 1.27. The maximum absolute atomic E-state index is 11.9. The Bertz CT molecular complexity index is 591. The second-order valence-electron chi connectivity index (χ2n) is 3.47. The number of nitrogens with two attached hydrogens (primary N) is 1. The maximum Gasteiger partial charge on any atom is 0.250 e. The Kier molecular flexibility index (Phi) is 4.07. The number of nitrogens with zero attached hydrogens (tertiary/aromatic N) is 2. The van der Waals surface area contributed by atoms with Crippen molar-refractivity contribution in [1.29, 1.82) is 0 Å². The Labute approximate surface area is 108 Å². The van der Waals surface area contributed by atoms with Crippen molar-refractivity contribution in [3.8, 4) is 0 Å². The van der Waals surface area contributed by atoms with E-state index < -0.39 is 10.0 Å². The van der Waals surface area contributed by atoms with Gasteiger partial charge in [0.25, 0.3) is 0 Å². The molecule has 18 heavy (non-hydrogen) atoms. The van der Waals surface area contributed by atoms with Crippen molar-refractivity contribution in [2.75, 3.05) is 6.54 Å². The minimum absolute atomic E-state index is 0.220. The lowest BCUT2D eigenvalue weighted by Gasteiger charge is -2.02. The Morgan fingerprint density at radius 3 is 2.94 bits per heavy atom. The number of rotatable bonds is 6. The first kappa shape index (κ1) is 13.1. The van der Waals surface area contributed by atoms with Gasteiger partial charge in [0.15, 0.2) is 5.82 Å². The van der Waals surface area contributed by atoms with Gasteiger partial charge in [-0.15, -0.1) is 11.3 Å². The molecule has 0 aliphatic rings. The van der Waals surface area contributed by atoms with Crippen LogP contribution in [0.2, 0.25) is 0 Å². The molecule has 3 N–H and O–H groups in total. The van der Waals surface area contributed by atoms with Crippen LogP contribution < -0.4 is 10.5 Å². The van der Waals surface area contributed by atoms with Crippen molar-refractivity contribution in [2.45, 2.75) is 17.2 Å². The summed E-state index contributed by atoms with van der Waals surface area (Å²) in [5, 5.41) is 5.32. The molecule has 0 saturated heterocycles. The first-order valence-corrected chi connectivity index (χ1v) is 7.50. The van der Waals surface area contributed by atoms with E-state index in [1.165, 1.54) is 6.39 Å². The molecule has 0 atom stereocenters. The number of nitrogens with one attached hydrogen (secondary N) is 1. The summed E-state index contributed by atoms with van der Waals surface area (Å²) in [7, 11) is -3.48. The molecular formula is C9H12N4O3S2. The Hall–Kier alpha value is -1.29. The summed E-state index contributed by atoms with van der Waals surface area (Å²) in [6, 6.07) is 1.57. The van der Waals surface area contributed by atoms with Crippen LogP contribution in [0.25, 0.3) is 0 Å². The van der Waals surface area contributed by atoms with E-state index in [4.69, 9.17) is 5.73 Å². The zero-order chi connectivity index (χ0) is 13.0. The fraction of sp³-hybridized carbons (Fsp3) is 0.333. The first-order valence-electron chi connectivity index (χ1n) is 5.14. The summed E-state index contributed by atoms with van der Waals surface area (Å²) in [5.74, 6) is 0.464. The molecule has 7 nitrogen and oxygen atoms in total. The molecule has 2 heterocycles. The van der Waals surface area contributed by atoms with Crippen LogP contribution in [0.15, 0.2) is 26.6 Å². The standard InChI is InChI=1S/C9H12N4O3S2/c10-4-7-3-9(17-5-7)18(14,15)12-2-1-8-11-6-16-13-8/h3,5-6,12H,1-2,4,10H2. The third kappa shape index (κ3) is 3.13. The molecule has 2 aromatic rings. The molecule has 0 aromatic carbocycles. The molecule has 0 unspecified atom stereocenters. The van der Waals surface area contributed by atoms with Gasteiger partial charge in [0.2, 0.25) is 16.4 Å². The highest BCUT2D eigenvalue weighted by atomic mass is 32.2. The predicted molar refractivity (Wildman–Crippen MR) is 65.4 cm³/mol. The molecule has 0 spiro atoms. The Morgan fingerprint density at radius 1 is 1.50 bits per heavy atom. The van der Waals surface area contributed by atoms with Gasteiger partial charge in [-0.2, -0.15) is 4.98 Å². The van der Waals surface area contributed by atoms with Gasteiger partial charge in [-0.25, -0.2) is 13.1 Å². The van der Waals surface area contributed by atoms with E-state index in [0.717, 1.165) is 16.9 Å². The Balaban J connectivity index is 1.95. The summed E-state index contributed by atoms with van der Waals surface area (Å²) >= 11 is 1.15. The second-order valence-corrected chi connectivity index (χ2v) is 6.38. The lowest BCUT2D eigenvalue weighted by atomic mass is 10.4. The van der Waals surface area contributed by atoms with E-state index in [1.807, 2.05) is 0 Å². The summed E-state index contributed by atoms with van der Waals surface area (Å²) in [6.45, 7) is 0.548. The van der Waals surface area contributed by atoms with Gasteiger partial charge in [0.05, 0.1) is 0 Å². The zero-order valence-corrected chi connectivity index (χ0v) is 11.0. The molecule has 0 amide bonds. The molecule has 0 bridgehead atoms. The van der Waals surface area contributed by atoms with Crippen LogP contribution in [0, 0.1) is 0 Å². The largest absolute Gasteiger partial charge is 0.343 e. The third-order valence-electron chi connectivity index (χ3n) is 2.18. The van der Waals surface area contributed by atoms with Crippen LogP contribution in [0.3, 0.4) is 0 Å². The van der Waals surface area contributed by atoms with Crippen LogP contribution in [0.4, 0.5) is 0 Å². The topological polar surface area (TPSA) is 111 Å². The lowest BCUT2D eigenvalue weighted by Crippen LogP contribution is -2.25. The van der Waals surface area contributed by atoms with Crippen LogP contribution in [-0.2, 0) is 23.0 Å². The summed E-state index contributed by atoms with van der Waals surface area (Å²) < 4.78 is 31.0. The smallest absolute Gasteiger partial charge is 0.250 e. The van der Waals surface area contributed by atoms with Gasteiger partial charge in [-0.3, -0.25) is 0 Å². The minimum atomic E-state index is -3.48. The summed E-state index contributed by atoms with van der Waals surface area (Å²) in [5.41, 5.74) is 6.24. The molecule has 0 saturated carbocycles. The molecule has 0 aliphatic heterocycles. The van der Waals surface area contributed by atoms with Crippen molar-refractivity contribution >= 4 is 21.4 Å². The molecule has 0 aliphatic carbocycles. The molecular weight excluding hydrogens is 276 g/mol. The van der Waals surface area contributed by atoms with E-state index in [-0.39, 0.29) is 10.8 Å². The van der Waals surface area contributed by atoms with Gasteiger partial charge in [0, 0.05) is 19.5 Å². The van der Waals surface area contributed by atoms with Crippen LogP contribution >= 0.6 is 11.3 Å². The first-order chi connectivity index (χ1) is 8.62. The lowest BCUT2D eigenvalue weighted by molar-refractivity contribution is 0.410. The number of thiophene rings is 1. The molecule has 2 rings (SSSR count). The Morgan fingerprint density at radius 2 is 2.33 bits per heavy atom. The highest BCUT2D eigenvalue weighted by molar-refractivity contribution is 7.91. The second kappa shape index (κ2) is 5.57. The van der Waals surface area contributed by atoms with Gasteiger partial charge in [-0.1, -0.05) is 5.16 Å². The average Bonchev–Trinajstić information content (AvgIpc) is 2.99. The average molecular weight is 288 g/mol. The van der Waals surface area contributed by atoms with Crippen LogP contribution in [-0.4, -0.2) is 25.1 Å². The summed E-state index contributed by atoms with van der Waals surface area (Å²) in [4.78, 5) is 3.80.